The highest BCUT2D eigenvalue weighted by Gasteiger charge is 2.19. The molecule has 14 heavy (non-hydrogen) atoms. The summed E-state index contributed by atoms with van der Waals surface area (Å²) in [5, 5.41) is 0. The zero-order chi connectivity index (χ0) is 10.8. The third-order valence-electron chi connectivity index (χ3n) is 1.47. The minimum absolute atomic E-state index is 0.335. The molecule has 0 saturated carbocycles. The molecule has 76 valence electrons. The molecular formula is C10H14N2O2. The number of esters is 1. The van der Waals surface area contributed by atoms with E-state index in [1.165, 1.54) is 12.4 Å². The van der Waals surface area contributed by atoms with Crippen LogP contribution in [0, 0.1) is 0 Å². The van der Waals surface area contributed by atoms with E-state index in [0.717, 1.165) is 0 Å². The molecule has 4 heteroatoms. The van der Waals surface area contributed by atoms with Crippen LogP contribution < -0.4 is 5.73 Å². The molecule has 0 fully saturated rings. The van der Waals surface area contributed by atoms with Crippen LogP contribution in [0.3, 0.4) is 0 Å². The van der Waals surface area contributed by atoms with Crippen molar-refractivity contribution in [2.45, 2.75) is 26.4 Å². The van der Waals surface area contributed by atoms with Gasteiger partial charge in [0.15, 0.2) is 0 Å². The highest BCUT2D eigenvalue weighted by molar-refractivity contribution is 5.94. The maximum atomic E-state index is 11.6. The van der Waals surface area contributed by atoms with Crippen LogP contribution in [-0.2, 0) is 4.74 Å². The summed E-state index contributed by atoms with van der Waals surface area (Å²) in [6.07, 6.45) is 2.94. The Morgan fingerprint density at radius 1 is 1.50 bits per heavy atom. The number of ether oxygens (including phenoxy) is 1. The van der Waals surface area contributed by atoms with E-state index in [-0.39, 0.29) is 0 Å². The first-order valence-corrected chi connectivity index (χ1v) is 4.33. The van der Waals surface area contributed by atoms with Gasteiger partial charge in [-0.05, 0) is 26.8 Å². The largest absolute Gasteiger partial charge is 0.456 e. The molecular weight excluding hydrogens is 180 g/mol. The van der Waals surface area contributed by atoms with Crippen LogP contribution in [0.15, 0.2) is 18.5 Å². The lowest BCUT2D eigenvalue weighted by atomic mass is 10.2. The zero-order valence-electron chi connectivity index (χ0n) is 8.57. The number of hydrogen-bond acceptors (Lipinski definition) is 4. The van der Waals surface area contributed by atoms with Crippen molar-refractivity contribution in [3.63, 3.8) is 0 Å². The molecule has 0 aliphatic rings. The third kappa shape index (κ3) is 2.73. The van der Waals surface area contributed by atoms with Gasteiger partial charge < -0.3 is 10.5 Å². The minimum Gasteiger partial charge on any atom is -0.456 e. The normalized spacial score (nSPS) is 11.1. The van der Waals surface area contributed by atoms with Crippen LogP contribution in [0.5, 0.6) is 0 Å². The van der Waals surface area contributed by atoms with Gasteiger partial charge in [0.1, 0.15) is 5.60 Å². The fourth-order valence-electron chi connectivity index (χ4n) is 0.926. The third-order valence-corrected chi connectivity index (χ3v) is 1.47. The predicted molar refractivity (Wildman–Crippen MR) is 53.8 cm³/mol. The molecule has 0 radical (unpaired) electrons. The smallest absolute Gasteiger partial charge is 0.340 e. The Balaban J connectivity index is 2.86. The Morgan fingerprint density at radius 3 is 2.64 bits per heavy atom. The van der Waals surface area contributed by atoms with Gasteiger partial charge in [-0.25, -0.2) is 4.79 Å². The molecule has 0 spiro atoms. The van der Waals surface area contributed by atoms with Crippen LogP contribution >= 0.6 is 0 Å². The fraction of sp³-hybridized carbons (Fsp3) is 0.400. The molecule has 0 aromatic carbocycles. The molecule has 0 amide bonds. The standard InChI is InChI=1S/C10H14N2O2/c1-10(2,3)14-9(13)7-4-5-12-6-8(7)11/h4-6H,11H2,1-3H3. The van der Waals surface area contributed by atoms with E-state index in [0.29, 0.717) is 11.3 Å². The Morgan fingerprint density at radius 2 is 2.14 bits per heavy atom. The van der Waals surface area contributed by atoms with E-state index >= 15 is 0 Å². The molecule has 4 nitrogen and oxygen atoms in total. The number of pyridine rings is 1. The second-order valence-electron chi connectivity index (χ2n) is 3.96. The number of rotatable bonds is 1. The van der Waals surface area contributed by atoms with Gasteiger partial charge in [-0.1, -0.05) is 0 Å². The van der Waals surface area contributed by atoms with Gasteiger partial charge >= 0.3 is 5.97 Å². The van der Waals surface area contributed by atoms with Crippen LogP contribution in [0.4, 0.5) is 5.69 Å². The van der Waals surface area contributed by atoms with Crippen molar-refractivity contribution in [1.29, 1.82) is 0 Å². The summed E-state index contributed by atoms with van der Waals surface area (Å²) in [6.45, 7) is 5.42. The summed E-state index contributed by atoms with van der Waals surface area (Å²) < 4.78 is 5.16. The molecule has 1 heterocycles. The number of nitrogens with two attached hydrogens (primary N) is 1. The van der Waals surface area contributed by atoms with Gasteiger partial charge in [-0.2, -0.15) is 0 Å². The lowest BCUT2D eigenvalue weighted by Crippen LogP contribution is -2.24. The molecule has 0 aliphatic carbocycles. The summed E-state index contributed by atoms with van der Waals surface area (Å²) in [6, 6.07) is 1.55. The first kappa shape index (κ1) is 10.5. The minimum atomic E-state index is -0.507. The van der Waals surface area contributed by atoms with Crippen molar-refractivity contribution >= 4 is 11.7 Å². The fourth-order valence-corrected chi connectivity index (χ4v) is 0.926. The monoisotopic (exact) mass is 194 g/mol. The van der Waals surface area contributed by atoms with Crippen LogP contribution in [0.25, 0.3) is 0 Å². The number of carbonyl (C=O) groups is 1. The molecule has 1 aromatic rings. The molecule has 0 atom stereocenters. The average Bonchev–Trinajstić information content (AvgIpc) is 2.01. The maximum Gasteiger partial charge on any atom is 0.340 e. The Labute approximate surface area is 83.1 Å². The highest BCUT2D eigenvalue weighted by Crippen LogP contribution is 2.15. The summed E-state index contributed by atoms with van der Waals surface area (Å²) >= 11 is 0. The number of aromatic nitrogens is 1. The first-order valence-electron chi connectivity index (χ1n) is 4.33. The van der Waals surface area contributed by atoms with Crippen molar-refractivity contribution in [2.75, 3.05) is 5.73 Å². The molecule has 0 unspecified atom stereocenters. The Kier molecular flexibility index (Phi) is 2.74. The summed E-state index contributed by atoms with van der Waals surface area (Å²) in [5.74, 6) is -0.419. The second kappa shape index (κ2) is 3.65. The lowest BCUT2D eigenvalue weighted by Gasteiger charge is -2.19. The van der Waals surface area contributed by atoms with Gasteiger partial charge in [-0.15, -0.1) is 0 Å². The van der Waals surface area contributed by atoms with Gasteiger partial charge in [0, 0.05) is 6.20 Å². The van der Waals surface area contributed by atoms with Crippen LogP contribution in [0.2, 0.25) is 0 Å². The number of anilines is 1. The summed E-state index contributed by atoms with van der Waals surface area (Å²) in [4.78, 5) is 15.3. The topological polar surface area (TPSA) is 65.2 Å². The maximum absolute atomic E-state index is 11.6. The van der Waals surface area contributed by atoms with Crippen molar-refractivity contribution in [2.24, 2.45) is 0 Å². The van der Waals surface area contributed by atoms with E-state index in [1.807, 2.05) is 20.8 Å². The van der Waals surface area contributed by atoms with E-state index in [1.54, 1.807) is 6.07 Å². The summed E-state index contributed by atoms with van der Waals surface area (Å²) in [5.41, 5.74) is 5.76. The van der Waals surface area contributed by atoms with E-state index < -0.39 is 11.6 Å². The van der Waals surface area contributed by atoms with Crippen molar-refractivity contribution in [3.05, 3.63) is 24.0 Å². The number of hydrogen-bond donors (Lipinski definition) is 1. The first-order chi connectivity index (χ1) is 6.40. The molecule has 2 N–H and O–H groups in total. The van der Waals surface area contributed by atoms with Crippen molar-refractivity contribution < 1.29 is 9.53 Å². The number of carbonyl (C=O) groups excluding carboxylic acids is 1. The van der Waals surface area contributed by atoms with Gasteiger partial charge in [0.05, 0.1) is 17.4 Å². The second-order valence-corrected chi connectivity index (χ2v) is 3.96. The Hall–Kier alpha value is -1.58. The molecule has 1 rings (SSSR count). The van der Waals surface area contributed by atoms with E-state index in [4.69, 9.17) is 10.5 Å². The summed E-state index contributed by atoms with van der Waals surface area (Å²) in [7, 11) is 0. The van der Waals surface area contributed by atoms with Crippen LogP contribution in [0.1, 0.15) is 31.1 Å². The van der Waals surface area contributed by atoms with Gasteiger partial charge in [0.2, 0.25) is 0 Å². The van der Waals surface area contributed by atoms with Crippen molar-refractivity contribution in [1.82, 2.24) is 4.98 Å². The zero-order valence-corrected chi connectivity index (χ0v) is 8.57. The molecule has 0 bridgehead atoms. The lowest BCUT2D eigenvalue weighted by molar-refractivity contribution is 0.00707. The molecule has 0 saturated heterocycles. The highest BCUT2D eigenvalue weighted by atomic mass is 16.6. The predicted octanol–water partition coefficient (Wildman–Crippen LogP) is 1.62. The SMILES string of the molecule is CC(C)(C)OC(=O)c1ccncc1N. The van der Waals surface area contributed by atoms with Gasteiger partial charge in [0.25, 0.3) is 0 Å². The van der Waals surface area contributed by atoms with E-state index in [2.05, 4.69) is 4.98 Å². The number of nitrogen functional groups attached to an aromatic ring is 1. The molecule has 1 aromatic heterocycles. The number of nitrogens with zero attached hydrogens (tertiary/aromatic N) is 1. The molecule has 0 aliphatic heterocycles. The quantitative estimate of drug-likeness (QED) is 0.690. The van der Waals surface area contributed by atoms with Gasteiger partial charge in [-0.3, -0.25) is 4.98 Å². The average molecular weight is 194 g/mol. The van der Waals surface area contributed by atoms with Crippen LogP contribution in [-0.4, -0.2) is 16.6 Å². The van der Waals surface area contributed by atoms with E-state index in [9.17, 15) is 4.79 Å². The van der Waals surface area contributed by atoms with Crippen molar-refractivity contribution in [3.8, 4) is 0 Å². The Bertz CT molecular complexity index is 342.